The number of hydrogen-bond donors (Lipinski definition) is 1. The van der Waals surface area contributed by atoms with Gasteiger partial charge in [-0.2, -0.15) is 13.2 Å². The summed E-state index contributed by atoms with van der Waals surface area (Å²) >= 11 is 0. The molecule has 3 heterocycles. The van der Waals surface area contributed by atoms with Crippen molar-refractivity contribution in [3.05, 3.63) is 29.1 Å². The molecule has 1 saturated heterocycles. The zero-order valence-electron chi connectivity index (χ0n) is 16.7. The van der Waals surface area contributed by atoms with Gasteiger partial charge in [-0.15, -0.1) is 0 Å². The maximum atomic E-state index is 13.1. The van der Waals surface area contributed by atoms with Gasteiger partial charge in [-0.3, -0.25) is 10.1 Å². The van der Waals surface area contributed by atoms with E-state index in [9.17, 15) is 22.8 Å². The van der Waals surface area contributed by atoms with Crippen LogP contribution in [-0.4, -0.2) is 67.9 Å². The van der Waals surface area contributed by atoms with Crippen LogP contribution < -0.4 is 5.32 Å². The third kappa shape index (κ3) is 5.45. The number of amides is 2. The Bertz CT molecular complexity index is 950. The SMILES string of the molecule is CCCN1CC(COCc2nc(C(F)(F)F)ccc2C(=O)Nc2nnnn2C)OC1=O. The molecular weight excluding hydrogens is 423 g/mol. The van der Waals surface area contributed by atoms with Crippen molar-refractivity contribution < 1.29 is 32.2 Å². The van der Waals surface area contributed by atoms with Crippen molar-refractivity contribution in [2.24, 2.45) is 7.05 Å². The molecular formula is C17H20F3N7O4. The van der Waals surface area contributed by atoms with E-state index in [2.05, 4.69) is 25.8 Å². The van der Waals surface area contributed by atoms with Gasteiger partial charge in [0.2, 0.25) is 5.95 Å². The van der Waals surface area contributed by atoms with Gasteiger partial charge in [-0.1, -0.05) is 12.0 Å². The number of cyclic esters (lactones) is 1. The largest absolute Gasteiger partial charge is 0.442 e. The molecule has 0 aliphatic carbocycles. The van der Waals surface area contributed by atoms with Gasteiger partial charge in [-0.25, -0.2) is 14.5 Å². The van der Waals surface area contributed by atoms with E-state index < -0.39 is 36.6 Å². The van der Waals surface area contributed by atoms with Gasteiger partial charge in [0.15, 0.2) is 0 Å². The van der Waals surface area contributed by atoms with Crippen LogP contribution in [0.25, 0.3) is 0 Å². The molecule has 0 saturated carbocycles. The molecule has 1 atom stereocenters. The molecule has 3 rings (SSSR count). The van der Waals surface area contributed by atoms with Crippen molar-refractivity contribution in [2.75, 3.05) is 25.0 Å². The summed E-state index contributed by atoms with van der Waals surface area (Å²) in [6, 6.07) is 1.71. The van der Waals surface area contributed by atoms with Gasteiger partial charge in [0.25, 0.3) is 5.91 Å². The zero-order valence-corrected chi connectivity index (χ0v) is 16.7. The smallest absolute Gasteiger partial charge is 0.433 e. The van der Waals surface area contributed by atoms with Crippen LogP contribution in [0.3, 0.4) is 0 Å². The average molecular weight is 443 g/mol. The molecule has 0 spiro atoms. The number of aromatic nitrogens is 5. The zero-order chi connectivity index (χ0) is 22.6. The summed E-state index contributed by atoms with van der Waals surface area (Å²) in [4.78, 5) is 29.3. The van der Waals surface area contributed by atoms with E-state index in [0.29, 0.717) is 19.2 Å². The number of carbonyl (C=O) groups excluding carboxylic acids is 2. The van der Waals surface area contributed by atoms with Crippen LogP contribution >= 0.6 is 0 Å². The number of halogens is 3. The molecule has 1 aliphatic heterocycles. The summed E-state index contributed by atoms with van der Waals surface area (Å²) in [7, 11) is 1.48. The van der Waals surface area contributed by atoms with Crippen LogP contribution in [0.15, 0.2) is 12.1 Å². The third-order valence-corrected chi connectivity index (χ3v) is 4.34. The van der Waals surface area contributed by atoms with Crippen LogP contribution in [-0.2, 0) is 29.3 Å². The van der Waals surface area contributed by atoms with Crippen molar-refractivity contribution in [2.45, 2.75) is 32.2 Å². The second kappa shape index (κ2) is 9.24. The molecule has 0 bridgehead atoms. The minimum atomic E-state index is -4.70. The molecule has 31 heavy (non-hydrogen) atoms. The van der Waals surface area contributed by atoms with E-state index in [-0.39, 0.29) is 23.8 Å². The first-order valence-corrected chi connectivity index (χ1v) is 9.33. The number of nitrogens with zero attached hydrogens (tertiary/aromatic N) is 6. The number of ether oxygens (including phenoxy) is 2. The first-order valence-electron chi connectivity index (χ1n) is 9.33. The van der Waals surface area contributed by atoms with Crippen molar-refractivity contribution in [1.29, 1.82) is 0 Å². The van der Waals surface area contributed by atoms with Gasteiger partial charge >= 0.3 is 12.3 Å². The van der Waals surface area contributed by atoms with E-state index in [1.165, 1.54) is 16.6 Å². The van der Waals surface area contributed by atoms with E-state index >= 15 is 0 Å². The number of pyridine rings is 1. The Labute approximate surface area is 174 Å². The monoisotopic (exact) mass is 443 g/mol. The number of aryl methyl sites for hydroxylation is 1. The standard InChI is InChI=1S/C17H20F3N7O4/c1-3-6-27-7-10(31-16(27)29)8-30-9-12-11(4-5-13(21-12)17(18,19)20)14(28)22-15-23-24-25-26(15)2/h4-5,10H,3,6-9H2,1-2H3,(H,22,23,25,28). The van der Waals surface area contributed by atoms with E-state index in [0.717, 1.165) is 12.5 Å². The summed E-state index contributed by atoms with van der Waals surface area (Å²) in [5.74, 6) is -0.746. The highest BCUT2D eigenvalue weighted by Crippen LogP contribution is 2.28. The van der Waals surface area contributed by atoms with Crippen molar-refractivity contribution in [1.82, 2.24) is 30.1 Å². The minimum Gasteiger partial charge on any atom is -0.442 e. The molecule has 14 heteroatoms. The first kappa shape index (κ1) is 22.4. The Kier molecular flexibility index (Phi) is 6.68. The van der Waals surface area contributed by atoms with E-state index in [1.807, 2.05) is 6.92 Å². The van der Waals surface area contributed by atoms with Crippen LogP contribution in [0.2, 0.25) is 0 Å². The summed E-state index contributed by atoms with van der Waals surface area (Å²) in [6.45, 7) is 2.31. The van der Waals surface area contributed by atoms with Crippen molar-refractivity contribution in [3.8, 4) is 0 Å². The molecule has 1 fully saturated rings. The first-order chi connectivity index (χ1) is 14.7. The summed E-state index contributed by atoms with van der Waals surface area (Å²) < 4.78 is 51.0. The number of anilines is 1. The Balaban J connectivity index is 1.71. The molecule has 168 valence electrons. The summed E-state index contributed by atoms with van der Waals surface area (Å²) in [5, 5.41) is 12.9. The van der Waals surface area contributed by atoms with Crippen LogP contribution in [0.5, 0.6) is 0 Å². The Morgan fingerprint density at radius 3 is 2.81 bits per heavy atom. The molecule has 1 aliphatic rings. The number of rotatable bonds is 8. The lowest BCUT2D eigenvalue weighted by molar-refractivity contribution is -0.141. The van der Waals surface area contributed by atoms with Crippen molar-refractivity contribution >= 4 is 17.9 Å². The summed E-state index contributed by atoms with van der Waals surface area (Å²) in [6.07, 6.45) is -4.97. The predicted octanol–water partition coefficient (Wildman–Crippen LogP) is 1.62. The van der Waals surface area contributed by atoms with Crippen LogP contribution in [0.1, 0.15) is 35.1 Å². The molecule has 1 N–H and O–H groups in total. The van der Waals surface area contributed by atoms with Crippen LogP contribution in [0.4, 0.5) is 23.9 Å². The van der Waals surface area contributed by atoms with Gasteiger partial charge < -0.3 is 14.4 Å². The van der Waals surface area contributed by atoms with Gasteiger partial charge in [0.1, 0.15) is 11.8 Å². The number of hydrogen-bond acceptors (Lipinski definition) is 8. The van der Waals surface area contributed by atoms with Crippen molar-refractivity contribution in [3.63, 3.8) is 0 Å². The number of carbonyl (C=O) groups is 2. The molecule has 2 aromatic rings. The fourth-order valence-electron chi connectivity index (χ4n) is 2.88. The Morgan fingerprint density at radius 1 is 1.39 bits per heavy atom. The highest BCUT2D eigenvalue weighted by molar-refractivity contribution is 6.04. The highest BCUT2D eigenvalue weighted by Gasteiger charge is 2.34. The normalized spacial score (nSPS) is 16.5. The van der Waals surface area contributed by atoms with E-state index in [4.69, 9.17) is 9.47 Å². The Morgan fingerprint density at radius 2 is 2.16 bits per heavy atom. The highest BCUT2D eigenvalue weighted by atomic mass is 19.4. The van der Waals surface area contributed by atoms with E-state index in [1.54, 1.807) is 0 Å². The lowest BCUT2D eigenvalue weighted by Gasteiger charge is -2.14. The lowest BCUT2D eigenvalue weighted by Crippen LogP contribution is -2.27. The lowest BCUT2D eigenvalue weighted by atomic mass is 10.1. The third-order valence-electron chi connectivity index (χ3n) is 4.34. The second-order valence-corrected chi connectivity index (χ2v) is 6.74. The predicted molar refractivity (Wildman–Crippen MR) is 97.8 cm³/mol. The van der Waals surface area contributed by atoms with Gasteiger partial charge in [-0.05, 0) is 29.0 Å². The minimum absolute atomic E-state index is 0.00523. The fourth-order valence-corrected chi connectivity index (χ4v) is 2.88. The average Bonchev–Trinajstić information content (AvgIpc) is 3.26. The second-order valence-electron chi connectivity index (χ2n) is 6.74. The summed E-state index contributed by atoms with van der Waals surface area (Å²) in [5.41, 5.74) is -1.52. The number of alkyl halides is 3. The molecule has 2 amide bonds. The number of tetrazole rings is 1. The molecule has 1 unspecified atom stereocenters. The maximum absolute atomic E-state index is 13.1. The number of nitrogens with one attached hydrogen (secondary N) is 1. The Hall–Kier alpha value is -3.29. The van der Waals surface area contributed by atoms with Gasteiger partial charge in [0, 0.05) is 13.6 Å². The van der Waals surface area contributed by atoms with Crippen LogP contribution in [0, 0.1) is 0 Å². The quantitative estimate of drug-likeness (QED) is 0.653. The van der Waals surface area contributed by atoms with Gasteiger partial charge in [0.05, 0.1) is 31.0 Å². The fraction of sp³-hybridized carbons (Fsp3) is 0.529. The maximum Gasteiger partial charge on any atom is 0.433 e. The molecule has 0 radical (unpaired) electrons. The topological polar surface area (TPSA) is 124 Å². The molecule has 11 nitrogen and oxygen atoms in total. The molecule has 2 aromatic heterocycles. The molecule has 0 aromatic carbocycles.